The van der Waals surface area contributed by atoms with Crippen LogP contribution < -0.4 is 10.1 Å². The molecule has 234 valence electrons. The molecule has 4 unspecified atom stereocenters. The summed E-state index contributed by atoms with van der Waals surface area (Å²) < 4.78 is 78.9. The van der Waals surface area contributed by atoms with Gasteiger partial charge in [-0.05, 0) is 80.1 Å². The van der Waals surface area contributed by atoms with E-state index in [1.54, 1.807) is 24.3 Å². The summed E-state index contributed by atoms with van der Waals surface area (Å²) in [6.07, 6.45) is 2.13. The lowest BCUT2D eigenvalue weighted by Crippen LogP contribution is -2.74. The van der Waals surface area contributed by atoms with Gasteiger partial charge >= 0.3 is 6.18 Å². The van der Waals surface area contributed by atoms with Crippen molar-refractivity contribution in [2.75, 3.05) is 13.7 Å². The number of aromatic hydroxyl groups is 1. The van der Waals surface area contributed by atoms with Crippen molar-refractivity contribution in [1.29, 1.82) is 0 Å². The smallest absolute Gasteiger partial charge is 0.416 e. The maximum atomic E-state index is 13.9. The molecule has 0 radical (unpaired) electrons. The molecule has 2 heterocycles. The number of hydrogen-bond donors (Lipinski definition) is 3. The Morgan fingerprint density at radius 2 is 1.91 bits per heavy atom. The minimum Gasteiger partial charge on any atom is -0.504 e. The highest BCUT2D eigenvalue weighted by atomic mass is 32.2. The number of methoxy groups -OCH3 is 1. The largest absolute Gasteiger partial charge is 0.504 e. The number of nitrogens with zero attached hydrogens (tertiary/aromatic N) is 1. The number of aliphatic hydroxyl groups is 1. The molecule has 4 atom stereocenters. The third kappa shape index (κ3) is 4.77. The number of carbonyl (C=O) groups is 1. The van der Waals surface area contributed by atoms with E-state index in [1.165, 1.54) is 30.0 Å². The Hall–Kier alpha value is -3.81. The van der Waals surface area contributed by atoms with Crippen molar-refractivity contribution in [1.82, 2.24) is 9.62 Å². The average Bonchev–Trinajstić information content (AvgIpc) is 3.50. The van der Waals surface area contributed by atoms with Gasteiger partial charge in [-0.15, -0.1) is 0 Å². The fourth-order valence-corrected chi connectivity index (χ4v) is 9.06. The number of phenols is 1. The summed E-state index contributed by atoms with van der Waals surface area (Å²) in [5.74, 6) is -0.302. The van der Waals surface area contributed by atoms with Crippen molar-refractivity contribution in [3.63, 3.8) is 0 Å². The number of nitrogens with one attached hydrogen (secondary N) is 1. The lowest BCUT2D eigenvalue weighted by molar-refractivity contribution is -0.154. The van der Waals surface area contributed by atoms with Crippen molar-refractivity contribution in [3.05, 3.63) is 83.3 Å². The number of amides is 1. The SMILES string of the molecule is COc1ccc2c(c1O)C13CCN(S(=O)(=O)c4ccc(C(F)(F)F)cc4)C(C2)C1(O)CCC(NC(=O)/C=C/c1ccoc1)C3. The minimum absolute atomic E-state index is 0.0620. The third-order valence-electron chi connectivity index (χ3n) is 9.40. The van der Waals surface area contributed by atoms with Crippen molar-refractivity contribution < 1.29 is 45.8 Å². The van der Waals surface area contributed by atoms with E-state index < -0.39 is 44.9 Å². The number of fused-ring (bicyclic) bond motifs is 1. The summed E-state index contributed by atoms with van der Waals surface area (Å²) >= 11 is 0. The molecule has 6 rings (SSSR count). The van der Waals surface area contributed by atoms with Gasteiger partial charge in [0.15, 0.2) is 11.5 Å². The summed E-state index contributed by atoms with van der Waals surface area (Å²) in [5.41, 5.74) is -1.98. The van der Waals surface area contributed by atoms with Crippen LogP contribution >= 0.6 is 0 Å². The Morgan fingerprint density at radius 3 is 2.57 bits per heavy atom. The van der Waals surface area contributed by atoms with E-state index in [1.807, 2.05) is 0 Å². The van der Waals surface area contributed by atoms with E-state index in [4.69, 9.17) is 9.15 Å². The Kier molecular flexibility index (Phi) is 7.33. The first-order valence-electron chi connectivity index (χ1n) is 14.1. The van der Waals surface area contributed by atoms with Gasteiger partial charge in [0.05, 0.1) is 41.7 Å². The number of halogens is 3. The van der Waals surface area contributed by atoms with Crippen molar-refractivity contribution in [2.24, 2.45) is 0 Å². The Balaban J connectivity index is 1.37. The third-order valence-corrected chi connectivity index (χ3v) is 11.3. The number of hydrogen-bond acceptors (Lipinski definition) is 7. The molecule has 1 saturated carbocycles. The number of rotatable bonds is 6. The van der Waals surface area contributed by atoms with Gasteiger partial charge < -0.3 is 24.7 Å². The topological polar surface area (TPSA) is 129 Å². The van der Waals surface area contributed by atoms with Crippen molar-refractivity contribution in [2.45, 2.75) is 66.3 Å². The monoisotopic (exact) mass is 632 g/mol. The molecule has 3 aromatic rings. The second-order valence-corrected chi connectivity index (χ2v) is 13.5. The van der Waals surface area contributed by atoms with E-state index in [0.29, 0.717) is 23.1 Å². The summed E-state index contributed by atoms with van der Waals surface area (Å²) in [6, 6.07) is 6.94. The number of furan rings is 1. The molecule has 44 heavy (non-hydrogen) atoms. The molecule has 1 aromatic heterocycles. The predicted octanol–water partition coefficient (Wildman–Crippen LogP) is 4.38. The van der Waals surface area contributed by atoms with Gasteiger partial charge in [-0.1, -0.05) is 6.07 Å². The van der Waals surface area contributed by atoms with Crippen LogP contribution in [-0.4, -0.2) is 60.2 Å². The quantitative estimate of drug-likeness (QED) is 0.344. The van der Waals surface area contributed by atoms with Crippen LogP contribution in [0.15, 0.2) is 70.4 Å². The molecule has 1 aliphatic heterocycles. The van der Waals surface area contributed by atoms with E-state index in [-0.39, 0.29) is 54.5 Å². The van der Waals surface area contributed by atoms with Crippen LogP contribution in [0.4, 0.5) is 13.2 Å². The van der Waals surface area contributed by atoms with Gasteiger partial charge in [-0.2, -0.15) is 17.5 Å². The first-order valence-corrected chi connectivity index (χ1v) is 15.6. The second kappa shape index (κ2) is 10.7. The molecular formula is C31H31F3N2O7S. The van der Waals surface area contributed by atoms with Gasteiger partial charge in [-0.25, -0.2) is 8.42 Å². The number of alkyl halides is 3. The maximum absolute atomic E-state index is 13.9. The molecule has 2 fully saturated rings. The summed E-state index contributed by atoms with van der Waals surface area (Å²) in [4.78, 5) is 12.5. The molecule has 1 saturated heterocycles. The molecule has 2 aliphatic carbocycles. The second-order valence-electron chi connectivity index (χ2n) is 11.6. The van der Waals surface area contributed by atoms with Crippen molar-refractivity contribution in [3.8, 4) is 11.5 Å². The highest BCUT2D eigenvalue weighted by Gasteiger charge is 2.67. The first-order chi connectivity index (χ1) is 20.8. The van der Waals surface area contributed by atoms with Gasteiger partial charge in [0, 0.05) is 35.2 Å². The number of phenolic OH excluding ortho intramolecular Hbond substituents is 1. The molecule has 0 spiro atoms. The van der Waals surface area contributed by atoms with Crippen LogP contribution in [-0.2, 0) is 32.8 Å². The van der Waals surface area contributed by atoms with Crippen LogP contribution in [0, 0.1) is 0 Å². The van der Waals surface area contributed by atoms with Gasteiger partial charge in [0.2, 0.25) is 15.9 Å². The van der Waals surface area contributed by atoms with Gasteiger partial charge in [-0.3, -0.25) is 4.79 Å². The molecule has 9 nitrogen and oxygen atoms in total. The molecule has 3 aliphatic rings. The van der Waals surface area contributed by atoms with Crippen LogP contribution in [0.1, 0.15) is 47.9 Å². The van der Waals surface area contributed by atoms with Crippen molar-refractivity contribution >= 4 is 22.0 Å². The van der Waals surface area contributed by atoms with Crippen LogP contribution in [0.3, 0.4) is 0 Å². The normalized spacial score (nSPS) is 27.0. The van der Waals surface area contributed by atoms with Crippen LogP contribution in [0.25, 0.3) is 6.08 Å². The average molecular weight is 633 g/mol. The Morgan fingerprint density at radius 1 is 1.16 bits per heavy atom. The standard InChI is InChI=1S/C31H31F3N2O7S/c1-42-24-8-3-20-16-25-30(39)12-10-22(35-26(37)9-2-19-11-15-43-18-19)17-29(30,27(20)28(24)38)13-14-36(25)44(40,41)23-6-4-21(5-7-23)31(32,33)34/h2-9,11,15,18,22,25,38-39H,10,12-14,16-17H2,1H3,(H,35,37)/b9-2+. The van der Waals surface area contributed by atoms with Gasteiger partial charge in [0.1, 0.15) is 0 Å². The number of sulfonamides is 1. The number of benzene rings is 2. The number of ether oxygens (including phenoxy) is 1. The molecular weight excluding hydrogens is 601 g/mol. The first kappa shape index (κ1) is 30.2. The van der Waals surface area contributed by atoms with E-state index >= 15 is 0 Å². The van der Waals surface area contributed by atoms with E-state index in [2.05, 4.69) is 5.32 Å². The lowest BCUT2D eigenvalue weighted by atomic mass is 9.49. The zero-order valence-corrected chi connectivity index (χ0v) is 24.5. The maximum Gasteiger partial charge on any atom is 0.416 e. The molecule has 3 N–H and O–H groups in total. The predicted molar refractivity (Wildman–Crippen MR) is 152 cm³/mol. The minimum atomic E-state index is -4.62. The van der Waals surface area contributed by atoms with E-state index in [9.17, 15) is 36.6 Å². The Bertz CT molecular complexity index is 1710. The highest BCUT2D eigenvalue weighted by molar-refractivity contribution is 7.89. The fraction of sp³-hybridized carbons (Fsp3) is 0.387. The fourth-order valence-electron chi connectivity index (χ4n) is 7.39. The molecule has 2 aromatic carbocycles. The zero-order chi connectivity index (χ0) is 31.5. The zero-order valence-electron chi connectivity index (χ0n) is 23.7. The van der Waals surface area contributed by atoms with Crippen LogP contribution in [0.2, 0.25) is 0 Å². The molecule has 13 heteroatoms. The van der Waals surface area contributed by atoms with Gasteiger partial charge in [0.25, 0.3) is 0 Å². The highest BCUT2D eigenvalue weighted by Crippen LogP contribution is 2.61. The molecule has 2 bridgehead atoms. The van der Waals surface area contributed by atoms with E-state index in [0.717, 1.165) is 24.3 Å². The molecule has 1 amide bonds. The van der Waals surface area contributed by atoms with Crippen LogP contribution in [0.5, 0.6) is 11.5 Å². The number of carbonyl (C=O) groups excluding carboxylic acids is 1. The Labute approximate surface area is 252 Å². The summed E-state index contributed by atoms with van der Waals surface area (Å²) in [6.45, 7) is -0.0620. The summed E-state index contributed by atoms with van der Waals surface area (Å²) in [5, 5.41) is 26.9. The summed E-state index contributed by atoms with van der Waals surface area (Å²) in [7, 11) is -2.91. The number of piperidine rings is 1. The lowest BCUT2D eigenvalue weighted by Gasteiger charge is -2.64.